The zero-order valence-corrected chi connectivity index (χ0v) is 11.3. The van der Waals surface area contributed by atoms with Gasteiger partial charge in [-0.15, -0.1) is 10.2 Å². The van der Waals surface area contributed by atoms with Crippen molar-refractivity contribution in [1.29, 1.82) is 0 Å². The third-order valence-corrected chi connectivity index (χ3v) is 3.48. The van der Waals surface area contributed by atoms with Gasteiger partial charge in [-0.2, -0.15) is 0 Å². The number of halogens is 1. The van der Waals surface area contributed by atoms with Gasteiger partial charge < -0.3 is 14.1 Å². The number of nitrogens with one attached hydrogen (secondary N) is 1. The minimum atomic E-state index is -0.241. The van der Waals surface area contributed by atoms with Gasteiger partial charge in [-0.05, 0) is 36.8 Å². The smallest absolute Gasteiger partial charge is 0.178 e. The van der Waals surface area contributed by atoms with E-state index in [1.54, 1.807) is 19.3 Å². The van der Waals surface area contributed by atoms with Crippen molar-refractivity contribution in [2.24, 2.45) is 7.05 Å². The zero-order valence-electron chi connectivity index (χ0n) is 10.5. The average molecular weight is 277 g/mol. The first-order valence-corrected chi connectivity index (χ1v) is 6.18. The standard InChI is InChI=1S/C12H12FN5S/c1-7-3-10-9(4-8(7)13)15-12(19)18(10)5-11-16-14-6-17(11)2/h3-4,6H,5H2,1-2H3,(H,15,19). The van der Waals surface area contributed by atoms with E-state index in [0.29, 0.717) is 22.4 Å². The first kappa shape index (κ1) is 12.0. The van der Waals surface area contributed by atoms with E-state index >= 15 is 0 Å². The summed E-state index contributed by atoms with van der Waals surface area (Å²) in [6, 6.07) is 3.25. The molecule has 2 aromatic heterocycles. The predicted octanol–water partition coefficient (Wildman–Crippen LogP) is 2.32. The normalized spacial score (nSPS) is 11.3. The van der Waals surface area contributed by atoms with Gasteiger partial charge >= 0.3 is 0 Å². The van der Waals surface area contributed by atoms with Crippen LogP contribution in [0, 0.1) is 17.5 Å². The highest BCUT2D eigenvalue weighted by atomic mass is 32.1. The number of aromatic amines is 1. The van der Waals surface area contributed by atoms with Crippen molar-refractivity contribution in [3.8, 4) is 0 Å². The first-order chi connectivity index (χ1) is 9.06. The van der Waals surface area contributed by atoms with E-state index in [9.17, 15) is 4.39 Å². The summed E-state index contributed by atoms with van der Waals surface area (Å²) in [5, 5.41) is 7.88. The van der Waals surface area contributed by atoms with E-state index in [1.165, 1.54) is 6.07 Å². The molecular formula is C12H12FN5S. The van der Waals surface area contributed by atoms with E-state index < -0.39 is 0 Å². The highest BCUT2D eigenvalue weighted by molar-refractivity contribution is 7.71. The molecule has 0 saturated heterocycles. The number of imidazole rings is 1. The number of hydrogen-bond acceptors (Lipinski definition) is 3. The monoisotopic (exact) mass is 277 g/mol. The predicted molar refractivity (Wildman–Crippen MR) is 71.9 cm³/mol. The molecule has 0 aliphatic carbocycles. The molecule has 0 aliphatic heterocycles. The van der Waals surface area contributed by atoms with Crippen LogP contribution in [0.15, 0.2) is 18.5 Å². The molecule has 2 heterocycles. The van der Waals surface area contributed by atoms with Gasteiger partial charge in [-0.3, -0.25) is 0 Å². The van der Waals surface area contributed by atoms with Crippen molar-refractivity contribution in [2.45, 2.75) is 13.5 Å². The quantitative estimate of drug-likeness (QED) is 0.731. The lowest BCUT2D eigenvalue weighted by molar-refractivity contribution is 0.620. The van der Waals surface area contributed by atoms with Gasteiger partial charge in [0, 0.05) is 7.05 Å². The Bertz CT molecular complexity index is 813. The molecule has 98 valence electrons. The number of aryl methyl sites for hydroxylation is 2. The number of fused-ring (bicyclic) bond motifs is 1. The lowest BCUT2D eigenvalue weighted by atomic mass is 10.2. The molecule has 3 rings (SSSR count). The Labute approximate surface area is 113 Å². The number of aromatic nitrogens is 5. The SMILES string of the molecule is Cc1cc2c(cc1F)[nH]c(=S)n2Cc1nncn1C. The number of benzene rings is 1. The molecule has 0 fully saturated rings. The molecule has 0 unspecified atom stereocenters. The maximum Gasteiger partial charge on any atom is 0.178 e. The van der Waals surface area contributed by atoms with Crippen LogP contribution in [0.5, 0.6) is 0 Å². The molecule has 5 nitrogen and oxygen atoms in total. The topological polar surface area (TPSA) is 51.4 Å². The zero-order chi connectivity index (χ0) is 13.6. The molecule has 1 aromatic carbocycles. The number of nitrogens with zero attached hydrogens (tertiary/aromatic N) is 4. The van der Waals surface area contributed by atoms with Crippen LogP contribution in [0.3, 0.4) is 0 Å². The van der Waals surface area contributed by atoms with Crippen LogP contribution < -0.4 is 0 Å². The molecule has 0 amide bonds. The van der Waals surface area contributed by atoms with Crippen LogP contribution >= 0.6 is 12.2 Å². The molecule has 7 heteroatoms. The fraction of sp³-hybridized carbons (Fsp3) is 0.250. The average Bonchev–Trinajstić information content (AvgIpc) is 2.88. The van der Waals surface area contributed by atoms with Crippen molar-refractivity contribution in [2.75, 3.05) is 0 Å². The summed E-state index contributed by atoms with van der Waals surface area (Å²) in [6.45, 7) is 2.23. The van der Waals surface area contributed by atoms with Crippen molar-refractivity contribution >= 4 is 23.3 Å². The van der Waals surface area contributed by atoms with E-state index in [4.69, 9.17) is 12.2 Å². The number of H-pyrrole nitrogens is 1. The van der Waals surface area contributed by atoms with Gasteiger partial charge in [0.2, 0.25) is 0 Å². The molecule has 0 atom stereocenters. The summed E-state index contributed by atoms with van der Waals surface area (Å²) < 4.78 is 17.8. The van der Waals surface area contributed by atoms with Crippen LogP contribution in [0.2, 0.25) is 0 Å². The lowest BCUT2D eigenvalue weighted by Gasteiger charge is -2.04. The molecule has 0 aliphatic rings. The maximum atomic E-state index is 13.5. The largest absolute Gasteiger partial charge is 0.330 e. The van der Waals surface area contributed by atoms with Gasteiger partial charge in [-0.1, -0.05) is 0 Å². The Kier molecular flexibility index (Phi) is 2.70. The van der Waals surface area contributed by atoms with Crippen molar-refractivity contribution in [3.63, 3.8) is 0 Å². The molecule has 1 N–H and O–H groups in total. The lowest BCUT2D eigenvalue weighted by Crippen LogP contribution is -2.06. The number of hydrogen-bond donors (Lipinski definition) is 1. The first-order valence-electron chi connectivity index (χ1n) is 5.78. The summed E-state index contributed by atoms with van der Waals surface area (Å²) in [6.07, 6.45) is 1.64. The van der Waals surface area contributed by atoms with Crippen LogP contribution in [-0.4, -0.2) is 24.3 Å². The molecule has 0 radical (unpaired) electrons. The van der Waals surface area contributed by atoms with Crippen molar-refractivity contribution in [3.05, 3.63) is 40.4 Å². The second-order valence-electron chi connectivity index (χ2n) is 4.49. The minimum Gasteiger partial charge on any atom is -0.330 e. The third-order valence-electron chi connectivity index (χ3n) is 3.16. The van der Waals surface area contributed by atoms with Crippen LogP contribution in [0.25, 0.3) is 11.0 Å². The van der Waals surface area contributed by atoms with E-state index in [-0.39, 0.29) is 5.82 Å². The Morgan fingerprint density at radius 2 is 2.21 bits per heavy atom. The fourth-order valence-electron chi connectivity index (χ4n) is 2.03. The second-order valence-corrected chi connectivity index (χ2v) is 4.88. The summed E-state index contributed by atoms with van der Waals surface area (Å²) in [7, 11) is 1.87. The Morgan fingerprint density at radius 3 is 2.89 bits per heavy atom. The van der Waals surface area contributed by atoms with Crippen LogP contribution in [0.1, 0.15) is 11.4 Å². The van der Waals surface area contributed by atoms with Crippen molar-refractivity contribution < 1.29 is 4.39 Å². The summed E-state index contributed by atoms with van der Waals surface area (Å²) in [5.41, 5.74) is 2.15. The highest BCUT2D eigenvalue weighted by Crippen LogP contribution is 2.19. The van der Waals surface area contributed by atoms with Crippen LogP contribution in [-0.2, 0) is 13.6 Å². The second kappa shape index (κ2) is 4.27. The van der Waals surface area contributed by atoms with Gasteiger partial charge in [0.25, 0.3) is 0 Å². The van der Waals surface area contributed by atoms with Gasteiger partial charge in [-0.25, -0.2) is 4.39 Å². The van der Waals surface area contributed by atoms with Crippen molar-refractivity contribution in [1.82, 2.24) is 24.3 Å². The van der Waals surface area contributed by atoms with E-state index in [0.717, 1.165) is 11.3 Å². The van der Waals surface area contributed by atoms with Gasteiger partial charge in [0.15, 0.2) is 10.6 Å². The maximum absolute atomic E-state index is 13.5. The molecular weight excluding hydrogens is 265 g/mol. The number of rotatable bonds is 2. The molecule has 0 saturated carbocycles. The Hall–Kier alpha value is -2.02. The molecule has 3 aromatic rings. The molecule has 19 heavy (non-hydrogen) atoms. The Morgan fingerprint density at radius 1 is 1.42 bits per heavy atom. The third kappa shape index (κ3) is 1.95. The van der Waals surface area contributed by atoms with Gasteiger partial charge in [0.05, 0.1) is 17.6 Å². The molecule has 0 bridgehead atoms. The van der Waals surface area contributed by atoms with E-state index in [2.05, 4.69) is 15.2 Å². The summed E-state index contributed by atoms with van der Waals surface area (Å²) in [4.78, 5) is 3.01. The minimum absolute atomic E-state index is 0.241. The molecule has 0 spiro atoms. The summed E-state index contributed by atoms with van der Waals surface area (Å²) in [5.74, 6) is 0.550. The van der Waals surface area contributed by atoms with Gasteiger partial charge in [0.1, 0.15) is 12.1 Å². The highest BCUT2D eigenvalue weighted by Gasteiger charge is 2.10. The summed E-state index contributed by atoms with van der Waals surface area (Å²) >= 11 is 5.28. The van der Waals surface area contributed by atoms with Crippen LogP contribution in [0.4, 0.5) is 4.39 Å². The van der Waals surface area contributed by atoms with E-state index in [1.807, 2.05) is 16.2 Å². The fourth-order valence-corrected chi connectivity index (χ4v) is 2.30. The Balaban J connectivity index is 2.18.